The average molecular weight is 269 g/mol. The van der Waals surface area contributed by atoms with Gasteiger partial charge < -0.3 is 5.32 Å². The molecule has 0 bridgehead atoms. The highest BCUT2D eigenvalue weighted by Crippen LogP contribution is 2.14. The Balaban J connectivity index is 2.26. The molecule has 0 radical (unpaired) electrons. The Labute approximate surface area is 117 Å². The van der Waals surface area contributed by atoms with Gasteiger partial charge in [-0.05, 0) is 32.9 Å². The molecular weight excluding hydrogens is 254 g/mol. The van der Waals surface area contributed by atoms with E-state index in [-0.39, 0.29) is 11.7 Å². The third kappa shape index (κ3) is 2.88. The molecule has 0 fully saturated rings. The number of carbonyl (C=O) groups is 2. The molecule has 0 saturated carbocycles. The number of anilines is 1. The molecule has 0 atom stereocenters. The maximum atomic E-state index is 12.2. The normalized spacial score (nSPS) is 10.2. The van der Waals surface area contributed by atoms with E-state index in [0.29, 0.717) is 16.9 Å². The topological polar surface area (TPSA) is 72.0 Å². The maximum Gasteiger partial charge on any atom is 0.274 e. The third-order valence-electron chi connectivity index (χ3n) is 3.08. The Bertz CT molecular complexity index is 681. The molecular formula is C15H15N3O2. The number of Topliss-reactive ketones (excluding diaryl/α,β-unsaturated/α-hetero) is 1. The van der Waals surface area contributed by atoms with Crippen LogP contribution in [0.5, 0.6) is 0 Å². The molecule has 102 valence electrons. The first-order valence-electron chi connectivity index (χ1n) is 6.19. The summed E-state index contributed by atoms with van der Waals surface area (Å²) in [6, 6.07) is 6.81. The van der Waals surface area contributed by atoms with Gasteiger partial charge in [0.1, 0.15) is 12.0 Å². The first-order chi connectivity index (χ1) is 9.49. The summed E-state index contributed by atoms with van der Waals surface area (Å²) in [6.07, 6.45) is 1.36. The van der Waals surface area contributed by atoms with Crippen LogP contribution in [-0.4, -0.2) is 21.7 Å². The predicted octanol–water partition coefficient (Wildman–Crippen LogP) is 2.55. The van der Waals surface area contributed by atoms with E-state index < -0.39 is 0 Å². The van der Waals surface area contributed by atoms with Gasteiger partial charge in [0.15, 0.2) is 5.78 Å². The number of hydrogen-bond donors (Lipinski definition) is 1. The van der Waals surface area contributed by atoms with Crippen molar-refractivity contribution in [1.29, 1.82) is 0 Å². The molecule has 0 unspecified atom stereocenters. The number of amides is 1. The number of nitrogens with one attached hydrogen (secondary N) is 1. The molecule has 2 rings (SSSR count). The molecule has 2 aromatic rings. The van der Waals surface area contributed by atoms with Crippen LogP contribution in [0.15, 0.2) is 30.6 Å². The Morgan fingerprint density at radius 3 is 2.60 bits per heavy atom. The minimum absolute atomic E-state index is 0.0461. The largest absolute Gasteiger partial charge is 0.321 e. The molecule has 0 aliphatic rings. The summed E-state index contributed by atoms with van der Waals surface area (Å²) in [5.74, 6) is -0.358. The van der Waals surface area contributed by atoms with E-state index in [1.165, 1.54) is 13.3 Å². The van der Waals surface area contributed by atoms with Crippen LogP contribution < -0.4 is 5.32 Å². The van der Waals surface area contributed by atoms with Crippen LogP contribution in [0, 0.1) is 13.8 Å². The van der Waals surface area contributed by atoms with E-state index in [4.69, 9.17) is 0 Å². The molecule has 1 aromatic heterocycles. The minimum atomic E-state index is -0.311. The van der Waals surface area contributed by atoms with Crippen LogP contribution in [0.4, 0.5) is 5.69 Å². The fourth-order valence-electron chi connectivity index (χ4n) is 1.77. The summed E-state index contributed by atoms with van der Waals surface area (Å²) in [6.45, 7) is 5.11. The van der Waals surface area contributed by atoms with Gasteiger partial charge in [-0.2, -0.15) is 0 Å². The van der Waals surface area contributed by atoms with Crippen molar-refractivity contribution in [2.45, 2.75) is 20.8 Å². The van der Waals surface area contributed by atoms with Gasteiger partial charge in [-0.15, -0.1) is 0 Å². The zero-order valence-corrected chi connectivity index (χ0v) is 11.6. The van der Waals surface area contributed by atoms with Gasteiger partial charge in [-0.25, -0.2) is 9.97 Å². The van der Waals surface area contributed by atoms with Gasteiger partial charge in [0.2, 0.25) is 0 Å². The Morgan fingerprint density at radius 2 is 1.90 bits per heavy atom. The zero-order chi connectivity index (χ0) is 14.7. The van der Waals surface area contributed by atoms with Gasteiger partial charge >= 0.3 is 0 Å². The summed E-state index contributed by atoms with van der Waals surface area (Å²) < 4.78 is 0. The summed E-state index contributed by atoms with van der Waals surface area (Å²) in [5.41, 5.74) is 2.97. The fraction of sp³-hybridized carbons (Fsp3) is 0.200. The first-order valence-corrected chi connectivity index (χ1v) is 6.19. The van der Waals surface area contributed by atoms with Gasteiger partial charge in [0.05, 0.1) is 0 Å². The second-order valence-corrected chi connectivity index (χ2v) is 4.52. The quantitative estimate of drug-likeness (QED) is 0.869. The Kier molecular flexibility index (Phi) is 3.89. The number of ketones is 1. The van der Waals surface area contributed by atoms with Gasteiger partial charge in [0, 0.05) is 22.5 Å². The molecule has 1 heterocycles. The van der Waals surface area contributed by atoms with Crippen LogP contribution in [-0.2, 0) is 0 Å². The number of benzene rings is 1. The first kappa shape index (κ1) is 13.9. The van der Waals surface area contributed by atoms with Crippen molar-refractivity contribution in [3.05, 3.63) is 53.1 Å². The molecule has 0 spiro atoms. The van der Waals surface area contributed by atoms with E-state index >= 15 is 0 Å². The zero-order valence-electron chi connectivity index (χ0n) is 11.6. The van der Waals surface area contributed by atoms with Crippen LogP contribution in [0.1, 0.15) is 39.0 Å². The Morgan fingerprint density at radius 1 is 1.15 bits per heavy atom. The lowest BCUT2D eigenvalue weighted by atomic mass is 10.1. The molecule has 0 aliphatic heterocycles. The smallest absolute Gasteiger partial charge is 0.274 e. The lowest BCUT2D eigenvalue weighted by molar-refractivity contribution is 0.100. The average Bonchev–Trinajstić information content (AvgIpc) is 2.42. The number of nitrogens with zero attached hydrogens (tertiary/aromatic N) is 2. The van der Waals surface area contributed by atoms with E-state index in [9.17, 15) is 9.59 Å². The van der Waals surface area contributed by atoms with Crippen LogP contribution in [0.2, 0.25) is 0 Å². The van der Waals surface area contributed by atoms with E-state index in [2.05, 4.69) is 15.3 Å². The van der Waals surface area contributed by atoms with E-state index in [1.807, 2.05) is 6.92 Å². The van der Waals surface area contributed by atoms with Crippen LogP contribution >= 0.6 is 0 Å². The fourth-order valence-corrected chi connectivity index (χ4v) is 1.77. The van der Waals surface area contributed by atoms with E-state index in [0.717, 1.165) is 11.3 Å². The predicted molar refractivity (Wildman–Crippen MR) is 75.9 cm³/mol. The summed E-state index contributed by atoms with van der Waals surface area (Å²) in [7, 11) is 0. The summed E-state index contributed by atoms with van der Waals surface area (Å²) in [5, 5.41) is 2.74. The SMILES string of the molecule is CC(=O)c1cccc(NC(=O)c2ncnc(C)c2C)c1. The van der Waals surface area contributed by atoms with Crippen molar-refractivity contribution in [2.24, 2.45) is 0 Å². The molecule has 0 aliphatic carbocycles. The van der Waals surface area contributed by atoms with Crippen LogP contribution in [0.3, 0.4) is 0 Å². The number of rotatable bonds is 3. The van der Waals surface area contributed by atoms with Crippen molar-refractivity contribution in [3.8, 4) is 0 Å². The molecule has 1 aromatic carbocycles. The van der Waals surface area contributed by atoms with Crippen LogP contribution in [0.25, 0.3) is 0 Å². The van der Waals surface area contributed by atoms with Gasteiger partial charge in [0.25, 0.3) is 5.91 Å². The lowest BCUT2D eigenvalue weighted by Gasteiger charge is -2.08. The van der Waals surface area contributed by atoms with Crippen molar-refractivity contribution < 1.29 is 9.59 Å². The Hall–Kier alpha value is -2.56. The summed E-state index contributed by atoms with van der Waals surface area (Å²) >= 11 is 0. The second kappa shape index (κ2) is 5.61. The molecule has 1 N–H and O–H groups in total. The van der Waals surface area contributed by atoms with Gasteiger partial charge in [-0.1, -0.05) is 12.1 Å². The number of aromatic nitrogens is 2. The van der Waals surface area contributed by atoms with Crippen molar-refractivity contribution >= 4 is 17.4 Å². The van der Waals surface area contributed by atoms with Crippen molar-refractivity contribution in [1.82, 2.24) is 9.97 Å². The van der Waals surface area contributed by atoms with Gasteiger partial charge in [-0.3, -0.25) is 9.59 Å². The molecule has 1 amide bonds. The number of carbonyl (C=O) groups excluding carboxylic acids is 2. The third-order valence-corrected chi connectivity index (χ3v) is 3.08. The molecule has 5 heteroatoms. The highest BCUT2D eigenvalue weighted by molar-refractivity contribution is 6.04. The van der Waals surface area contributed by atoms with Crippen molar-refractivity contribution in [2.75, 3.05) is 5.32 Å². The molecule has 5 nitrogen and oxygen atoms in total. The standard InChI is InChI=1S/C15H15N3O2/c1-9-10(2)16-8-17-14(9)15(20)18-13-6-4-5-12(7-13)11(3)19/h4-8H,1-3H3,(H,18,20). The highest BCUT2D eigenvalue weighted by Gasteiger charge is 2.13. The number of hydrogen-bond acceptors (Lipinski definition) is 4. The lowest BCUT2D eigenvalue weighted by Crippen LogP contribution is -2.16. The summed E-state index contributed by atoms with van der Waals surface area (Å²) in [4.78, 5) is 31.5. The monoisotopic (exact) mass is 269 g/mol. The molecule has 20 heavy (non-hydrogen) atoms. The highest BCUT2D eigenvalue weighted by atomic mass is 16.2. The molecule has 0 saturated heterocycles. The second-order valence-electron chi connectivity index (χ2n) is 4.52. The number of aryl methyl sites for hydroxylation is 1. The minimum Gasteiger partial charge on any atom is -0.321 e. The van der Waals surface area contributed by atoms with E-state index in [1.54, 1.807) is 31.2 Å². The van der Waals surface area contributed by atoms with Crippen molar-refractivity contribution in [3.63, 3.8) is 0 Å². The maximum absolute atomic E-state index is 12.2.